The topological polar surface area (TPSA) is 63.7 Å². The number of hydrogen-bond acceptors (Lipinski definition) is 4. The normalized spacial score (nSPS) is 21.4. The number of nitrogens with zero attached hydrogens (tertiary/aromatic N) is 1. The van der Waals surface area contributed by atoms with Gasteiger partial charge in [0.05, 0.1) is 7.11 Å². The number of amides is 1. The molecule has 0 N–H and O–H groups in total. The van der Waals surface area contributed by atoms with Crippen molar-refractivity contribution in [2.24, 2.45) is 5.92 Å². The molecule has 2 rings (SSSR count). The minimum atomic E-state index is -3.89. The standard InChI is InChI=1S/C13H16ClNO4S/c1-9-5-11(9)15(8-16)7-10-3-4-12(19-2)13(6-10)20(14,17)18/h3-4,6,8-9,11H,5,7H2,1-2H3. The summed E-state index contributed by atoms with van der Waals surface area (Å²) in [5.41, 5.74) is 0.705. The molecule has 1 aromatic rings. The molecule has 0 heterocycles. The predicted molar refractivity (Wildman–Crippen MR) is 75.2 cm³/mol. The van der Waals surface area contributed by atoms with Crippen LogP contribution in [0.25, 0.3) is 0 Å². The van der Waals surface area contributed by atoms with Gasteiger partial charge in [-0.3, -0.25) is 4.79 Å². The third kappa shape index (κ3) is 3.24. The highest BCUT2D eigenvalue weighted by Gasteiger charge is 2.37. The van der Waals surface area contributed by atoms with Gasteiger partial charge in [-0.25, -0.2) is 8.42 Å². The van der Waals surface area contributed by atoms with Crippen LogP contribution >= 0.6 is 10.7 Å². The van der Waals surface area contributed by atoms with E-state index in [4.69, 9.17) is 15.4 Å². The van der Waals surface area contributed by atoms with E-state index < -0.39 is 9.05 Å². The Morgan fingerprint density at radius 3 is 2.60 bits per heavy atom. The Morgan fingerprint density at radius 1 is 1.50 bits per heavy atom. The molecule has 0 bridgehead atoms. The lowest BCUT2D eigenvalue weighted by Gasteiger charge is -2.18. The fourth-order valence-electron chi connectivity index (χ4n) is 2.22. The third-order valence-electron chi connectivity index (χ3n) is 3.48. The van der Waals surface area contributed by atoms with Gasteiger partial charge < -0.3 is 9.64 Å². The lowest BCUT2D eigenvalue weighted by atomic mass is 10.2. The molecule has 1 saturated carbocycles. The number of methoxy groups -OCH3 is 1. The van der Waals surface area contributed by atoms with Crippen molar-refractivity contribution in [3.05, 3.63) is 23.8 Å². The van der Waals surface area contributed by atoms with Crippen LogP contribution in [-0.2, 0) is 20.4 Å². The van der Waals surface area contributed by atoms with Crippen LogP contribution in [0.15, 0.2) is 23.1 Å². The van der Waals surface area contributed by atoms with E-state index in [0.717, 1.165) is 12.8 Å². The first-order chi connectivity index (χ1) is 9.36. The Morgan fingerprint density at radius 2 is 2.15 bits per heavy atom. The number of rotatable bonds is 6. The molecule has 0 spiro atoms. The molecule has 0 saturated heterocycles. The molecule has 2 unspecified atom stereocenters. The van der Waals surface area contributed by atoms with Crippen molar-refractivity contribution in [3.8, 4) is 5.75 Å². The summed E-state index contributed by atoms with van der Waals surface area (Å²) < 4.78 is 28.0. The molecule has 1 aromatic carbocycles. The van der Waals surface area contributed by atoms with E-state index in [2.05, 4.69) is 6.92 Å². The SMILES string of the molecule is COc1ccc(CN(C=O)C2CC2C)cc1S(=O)(=O)Cl. The van der Waals surface area contributed by atoms with Gasteiger partial charge >= 0.3 is 0 Å². The van der Waals surface area contributed by atoms with Crippen LogP contribution in [0.2, 0.25) is 0 Å². The van der Waals surface area contributed by atoms with Crippen LogP contribution in [0.4, 0.5) is 0 Å². The molecule has 5 nitrogen and oxygen atoms in total. The average Bonchev–Trinajstić information content (AvgIpc) is 3.11. The first kappa shape index (κ1) is 15.1. The highest BCUT2D eigenvalue weighted by Crippen LogP contribution is 2.35. The zero-order valence-corrected chi connectivity index (χ0v) is 12.8. The summed E-state index contributed by atoms with van der Waals surface area (Å²) in [4.78, 5) is 12.7. The van der Waals surface area contributed by atoms with Crippen LogP contribution in [0, 0.1) is 5.92 Å². The van der Waals surface area contributed by atoms with Crippen molar-refractivity contribution in [2.75, 3.05) is 7.11 Å². The quantitative estimate of drug-likeness (QED) is 0.594. The average molecular weight is 318 g/mol. The largest absolute Gasteiger partial charge is 0.495 e. The van der Waals surface area contributed by atoms with Crippen LogP contribution in [0.1, 0.15) is 18.9 Å². The minimum Gasteiger partial charge on any atom is -0.495 e. The fraction of sp³-hybridized carbons (Fsp3) is 0.462. The Kier molecular flexibility index (Phi) is 4.25. The summed E-state index contributed by atoms with van der Waals surface area (Å²) in [6.07, 6.45) is 1.78. The summed E-state index contributed by atoms with van der Waals surface area (Å²) in [5, 5.41) is 0. The van der Waals surface area contributed by atoms with Crippen molar-refractivity contribution in [3.63, 3.8) is 0 Å². The van der Waals surface area contributed by atoms with Gasteiger partial charge in [0.1, 0.15) is 10.6 Å². The van der Waals surface area contributed by atoms with Crippen LogP contribution < -0.4 is 4.74 Å². The van der Waals surface area contributed by atoms with E-state index in [9.17, 15) is 13.2 Å². The van der Waals surface area contributed by atoms with E-state index in [1.165, 1.54) is 13.2 Å². The smallest absolute Gasteiger partial charge is 0.264 e. The van der Waals surface area contributed by atoms with Gasteiger partial charge in [-0.15, -0.1) is 0 Å². The Labute approximate surface area is 122 Å². The molecule has 1 fully saturated rings. The zero-order valence-electron chi connectivity index (χ0n) is 11.2. The maximum Gasteiger partial charge on any atom is 0.264 e. The fourth-order valence-corrected chi connectivity index (χ4v) is 3.26. The molecule has 1 aliphatic carbocycles. The molecule has 0 aliphatic heterocycles. The highest BCUT2D eigenvalue weighted by molar-refractivity contribution is 8.13. The Hall–Kier alpha value is -1.27. The van der Waals surface area contributed by atoms with Gasteiger partial charge in [0.25, 0.3) is 9.05 Å². The number of ether oxygens (including phenoxy) is 1. The van der Waals surface area contributed by atoms with E-state index in [-0.39, 0.29) is 16.7 Å². The summed E-state index contributed by atoms with van der Waals surface area (Å²) >= 11 is 0. The Balaban J connectivity index is 2.27. The number of halogens is 1. The van der Waals surface area contributed by atoms with Crippen LogP contribution in [0.5, 0.6) is 5.75 Å². The lowest BCUT2D eigenvalue weighted by molar-refractivity contribution is -0.119. The van der Waals surface area contributed by atoms with Crippen molar-refractivity contribution < 1.29 is 17.9 Å². The van der Waals surface area contributed by atoms with E-state index in [0.29, 0.717) is 18.0 Å². The Bertz CT molecular complexity index is 617. The highest BCUT2D eigenvalue weighted by atomic mass is 35.7. The maximum absolute atomic E-state index is 11.5. The van der Waals surface area contributed by atoms with E-state index in [1.807, 2.05) is 0 Å². The van der Waals surface area contributed by atoms with Gasteiger partial charge in [-0.05, 0) is 30.0 Å². The summed E-state index contributed by atoms with van der Waals surface area (Å²) in [5.74, 6) is 0.691. The summed E-state index contributed by atoms with van der Waals surface area (Å²) in [6, 6.07) is 4.97. The number of hydrogen-bond donors (Lipinski definition) is 0. The second-order valence-corrected chi connectivity index (χ2v) is 7.52. The van der Waals surface area contributed by atoms with Crippen molar-refractivity contribution in [2.45, 2.75) is 30.8 Å². The molecule has 7 heteroatoms. The summed E-state index contributed by atoms with van der Waals surface area (Å²) in [7, 11) is 2.89. The summed E-state index contributed by atoms with van der Waals surface area (Å²) in [6.45, 7) is 2.44. The first-order valence-corrected chi connectivity index (χ1v) is 8.50. The molecule has 0 radical (unpaired) electrons. The molecule has 2 atom stereocenters. The van der Waals surface area contributed by atoms with Gasteiger partial charge in [-0.1, -0.05) is 13.0 Å². The van der Waals surface area contributed by atoms with Crippen molar-refractivity contribution >= 4 is 26.1 Å². The number of carbonyl (C=O) groups excluding carboxylic acids is 1. The lowest BCUT2D eigenvalue weighted by Crippen LogP contribution is -2.24. The molecule has 0 aromatic heterocycles. The second-order valence-electron chi connectivity index (χ2n) is 4.98. The van der Waals surface area contributed by atoms with Crippen molar-refractivity contribution in [1.29, 1.82) is 0 Å². The number of carbonyl (C=O) groups is 1. The molecule has 1 amide bonds. The molecular weight excluding hydrogens is 302 g/mol. The van der Waals surface area contributed by atoms with Gasteiger partial charge in [-0.2, -0.15) is 0 Å². The van der Waals surface area contributed by atoms with E-state index >= 15 is 0 Å². The van der Waals surface area contributed by atoms with Crippen molar-refractivity contribution in [1.82, 2.24) is 4.90 Å². The third-order valence-corrected chi connectivity index (χ3v) is 4.83. The van der Waals surface area contributed by atoms with Gasteiger partial charge in [0, 0.05) is 23.3 Å². The molecule has 1 aliphatic rings. The van der Waals surface area contributed by atoms with Gasteiger partial charge in [0.2, 0.25) is 6.41 Å². The number of benzene rings is 1. The van der Waals surface area contributed by atoms with Crippen LogP contribution in [-0.4, -0.2) is 32.9 Å². The maximum atomic E-state index is 11.5. The molecule has 110 valence electrons. The monoisotopic (exact) mass is 317 g/mol. The van der Waals surface area contributed by atoms with Crippen LogP contribution in [0.3, 0.4) is 0 Å². The molecule has 20 heavy (non-hydrogen) atoms. The van der Waals surface area contributed by atoms with E-state index in [1.54, 1.807) is 17.0 Å². The zero-order chi connectivity index (χ0) is 14.9. The minimum absolute atomic E-state index is 0.0751. The first-order valence-electron chi connectivity index (χ1n) is 6.19. The second kappa shape index (κ2) is 5.61. The molecular formula is C13H16ClNO4S. The van der Waals surface area contributed by atoms with Gasteiger partial charge in [0.15, 0.2) is 0 Å². The predicted octanol–water partition coefficient (Wildman–Crippen LogP) is 1.99.